The number of carbonyl (C=O) groups excluding carboxylic acids is 3. The largest absolute Gasteiger partial charge is 0.497 e. The Bertz CT molecular complexity index is 1800. The molecule has 3 aromatic rings. The highest BCUT2D eigenvalue weighted by molar-refractivity contribution is 6.09. The van der Waals surface area contributed by atoms with Crippen molar-refractivity contribution in [1.29, 1.82) is 0 Å². The van der Waals surface area contributed by atoms with E-state index in [1.165, 1.54) is 31.4 Å². The third-order valence-corrected chi connectivity index (χ3v) is 5.14. The first-order valence-corrected chi connectivity index (χ1v) is 9.96. The highest BCUT2D eigenvalue weighted by Crippen LogP contribution is 2.31. The Morgan fingerprint density at radius 2 is 1.68 bits per heavy atom. The van der Waals surface area contributed by atoms with Crippen molar-refractivity contribution < 1.29 is 35.6 Å². The van der Waals surface area contributed by atoms with Crippen LogP contribution in [0.5, 0.6) is 5.75 Å². The fraction of sp³-hybridized carbons (Fsp3) is 0.280. The molecule has 2 aliphatic rings. The summed E-state index contributed by atoms with van der Waals surface area (Å²) >= 11 is 0. The van der Waals surface area contributed by atoms with Crippen molar-refractivity contribution in [2.75, 3.05) is 29.9 Å². The van der Waals surface area contributed by atoms with Gasteiger partial charge in [0.25, 0.3) is 11.8 Å². The molecule has 9 heteroatoms. The molecular formula is C25H25N5O4. The lowest BCUT2D eigenvalue weighted by Crippen LogP contribution is -2.39. The van der Waals surface area contributed by atoms with E-state index in [4.69, 9.17) is 26.9 Å². The van der Waals surface area contributed by atoms with Gasteiger partial charge in [0.2, 0.25) is 5.91 Å². The number of anilines is 2. The Labute approximate surface area is 213 Å². The number of nitrogens with two attached hydrogens (primary N) is 1. The molecule has 2 aliphatic heterocycles. The van der Waals surface area contributed by atoms with E-state index in [2.05, 4.69) is 5.10 Å². The van der Waals surface area contributed by atoms with Crippen molar-refractivity contribution in [2.24, 2.45) is 5.73 Å². The lowest BCUT2D eigenvalue weighted by atomic mass is 10.0. The fourth-order valence-corrected chi connectivity index (χ4v) is 3.52. The Kier molecular flexibility index (Phi) is 3.01. The van der Waals surface area contributed by atoms with Gasteiger partial charge < -0.3 is 20.3 Å². The van der Waals surface area contributed by atoms with Crippen LogP contribution in [0.1, 0.15) is 62.2 Å². The van der Waals surface area contributed by atoms with Gasteiger partial charge in [-0.05, 0) is 67.6 Å². The van der Waals surface area contributed by atoms with Gasteiger partial charge in [0.15, 0.2) is 5.69 Å². The van der Waals surface area contributed by atoms with E-state index in [9.17, 15) is 14.4 Å². The monoisotopic (exact) mass is 471 g/mol. The smallest absolute Gasteiger partial charge is 0.277 e. The van der Waals surface area contributed by atoms with Crippen molar-refractivity contribution in [3.8, 4) is 11.4 Å². The molecule has 174 valence electrons. The van der Waals surface area contributed by atoms with Crippen molar-refractivity contribution >= 4 is 29.1 Å². The van der Waals surface area contributed by atoms with E-state index in [1.54, 1.807) is 0 Å². The SMILES string of the molecule is [2H]c1c([2H])c(N2C(=O)CC([2H])([2H])C([2H])([2H])C2([2H])[2H])c([2H])c([2H])c1N1C(=O)c2c(c(C(N)=O)nn2-c2ccc(OC)cc2)CC1([2H])[2H]. The zero-order chi connectivity index (χ0) is 34.5. The van der Waals surface area contributed by atoms with Gasteiger partial charge in [-0.25, -0.2) is 4.68 Å². The van der Waals surface area contributed by atoms with E-state index in [-0.39, 0.29) is 21.8 Å². The Morgan fingerprint density at radius 1 is 1.00 bits per heavy atom. The summed E-state index contributed by atoms with van der Waals surface area (Å²) in [5.41, 5.74) is 2.82. The average Bonchev–Trinajstić information content (AvgIpc) is 3.33. The number of aromatic nitrogens is 2. The summed E-state index contributed by atoms with van der Waals surface area (Å²) in [7, 11) is 1.42. The quantitative estimate of drug-likeness (QED) is 0.615. The van der Waals surface area contributed by atoms with Gasteiger partial charge in [-0.15, -0.1) is 0 Å². The first-order valence-electron chi connectivity index (χ1n) is 16.0. The molecule has 2 aromatic carbocycles. The second-order valence-electron chi connectivity index (χ2n) is 7.14. The van der Waals surface area contributed by atoms with Crippen LogP contribution in [0.15, 0.2) is 48.4 Å². The predicted molar refractivity (Wildman–Crippen MR) is 127 cm³/mol. The van der Waals surface area contributed by atoms with E-state index < -0.39 is 97.5 Å². The zero-order valence-electron chi connectivity index (χ0n) is 29.7. The minimum atomic E-state index is -3.50. The van der Waals surface area contributed by atoms with E-state index >= 15 is 0 Å². The fourth-order valence-electron chi connectivity index (χ4n) is 3.52. The number of methoxy groups -OCH3 is 1. The molecule has 34 heavy (non-hydrogen) atoms. The second kappa shape index (κ2) is 8.66. The van der Waals surface area contributed by atoms with Gasteiger partial charge in [-0.2, -0.15) is 5.10 Å². The predicted octanol–water partition coefficient (Wildman–Crippen LogP) is 2.70. The number of carbonyl (C=O) groups is 3. The Morgan fingerprint density at radius 3 is 2.32 bits per heavy atom. The summed E-state index contributed by atoms with van der Waals surface area (Å²) < 4.78 is 107. The summed E-state index contributed by atoms with van der Waals surface area (Å²) in [5.74, 6) is -3.23. The highest BCUT2D eigenvalue weighted by Gasteiger charge is 2.34. The molecule has 1 saturated heterocycles. The van der Waals surface area contributed by atoms with Crippen LogP contribution in [-0.2, 0) is 11.2 Å². The maximum Gasteiger partial charge on any atom is 0.277 e. The van der Waals surface area contributed by atoms with Gasteiger partial charge in [0, 0.05) is 44.6 Å². The molecule has 0 radical (unpaired) electrons. The molecule has 0 aliphatic carbocycles. The molecule has 0 spiro atoms. The lowest BCUT2D eigenvalue weighted by Gasteiger charge is -2.29. The molecule has 3 amide bonds. The second-order valence-corrected chi connectivity index (χ2v) is 7.14. The summed E-state index contributed by atoms with van der Waals surface area (Å²) in [6.07, 6.45) is -8.28. The van der Waals surface area contributed by atoms with Gasteiger partial charge in [0.1, 0.15) is 11.4 Å². The van der Waals surface area contributed by atoms with E-state index in [0.29, 0.717) is 10.6 Å². The number of benzene rings is 2. The molecule has 3 heterocycles. The Balaban J connectivity index is 1.72. The number of rotatable bonds is 5. The lowest BCUT2D eigenvalue weighted by molar-refractivity contribution is -0.119. The standard InChI is InChI=1S/C25H25N5O4/c1-34-19-11-9-18(10-12-19)30-23-20(22(27-30)24(26)32)13-15-29(25(23)33)17-7-5-16(6-8-17)28-14-3-2-4-21(28)31/h5-12H,2-4,13-15H2,1H3,(H2,26,32)/i2D2,3D2,5D,6D,7D,8D,14D2,15D2. The van der Waals surface area contributed by atoms with Crippen molar-refractivity contribution in [2.45, 2.75) is 25.6 Å². The van der Waals surface area contributed by atoms with Crippen LogP contribution in [0.4, 0.5) is 11.4 Å². The molecule has 0 unspecified atom stereocenters. The molecule has 5 rings (SSSR count). The van der Waals surface area contributed by atoms with E-state index in [1.807, 2.05) is 0 Å². The topological polar surface area (TPSA) is 111 Å². The van der Waals surface area contributed by atoms with Crippen molar-refractivity contribution in [1.82, 2.24) is 9.78 Å². The third-order valence-electron chi connectivity index (χ3n) is 5.14. The summed E-state index contributed by atoms with van der Waals surface area (Å²) in [6, 6.07) is 1.59. The summed E-state index contributed by atoms with van der Waals surface area (Å²) in [4.78, 5) is 39.8. The normalized spacial score (nSPS) is 27.0. The minimum Gasteiger partial charge on any atom is -0.497 e. The van der Waals surface area contributed by atoms with E-state index in [0.717, 1.165) is 4.68 Å². The maximum atomic E-state index is 14.2. The molecule has 1 aromatic heterocycles. The third kappa shape index (κ3) is 3.68. The van der Waals surface area contributed by atoms with Crippen LogP contribution >= 0.6 is 0 Å². The minimum absolute atomic E-state index is 0.0293. The first kappa shape index (κ1) is 11.8. The van der Waals surface area contributed by atoms with Crippen LogP contribution in [0.3, 0.4) is 0 Å². The van der Waals surface area contributed by atoms with Crippen LogP contribution in [0.2, 0.25) is 0 Å². The summed E-state index contributed by atoms with van der Waals surface area (Å²) in [5, 5.41) is 4.13. The molecule has 0 bridgehead atoms. The molecule has 2 N–H and O–H groups in total. The zero-order valence-corrected chi connectivity index (χ0v) is 17.7. The first-order chi connectivity index (χ1) is 21.1. The van der Waals surface area contributed by atoms with Crippen LogP contribution in [-0.4, -0.2) is 47.6 Å². The number of hydrogen-bond acceptors (Lipinski definition) is 5. The number of ether oxygens (including phenoxy) is 1. The van der Waals surface area contributed by atoms with Crippen LogP contribution in [0, 0.1) is 0 Å². The average molecular weight is 472 g/mol. The number of primary amides is 1. The van der Waals surface area contributed by atoms with Gasteiger partial charge >= 0.3 is 0 Å². The molecule has 0 saturated carbocycles. The molecular weight excluding hydrogens is 434 g/mol. The molecule has 9 nitrogen and oxygen atoms in total. The van der Waals surface area contributed by atoms with Crippen LogP contribution < -0.4 is 20.3 Å². The Hall–Kier alpha value is -4.14. The van der Waals surface area contributed by atoms with Gasteiger partial charge in [-0.3, -0.25) is 14.4 Å². The number of amides is 3. The summed E-state index contributed by atoms with van der Waals surface area (Å²) in [6.45, 7) is -6.31. The van der Waals surface area contributed by atoms with Crippen LogP contribution in [0.25, 0.3) is 5.69 Å². The van der Waals surface area contributed by atoms with Crippen molar-refractivity contribution in [3.63, 3.8) is 0 Å². The number of hydrogen-bond donors (Lipinski definition) is 1. The van der Waals surface area contributed by atoms with Gasteiger partial charge in [-0.1, -0.05) is 0 Å². The van der Waals surface area contributed by atoms with Gasteiger partial charge in [0.05, 0.1) is 21.0 Å². The number of piperidine rings is 1. The van der Waals surface area contributed by atoms with Crippen molar-refractivity contribution in [3.05, 3.63) is 65.4 Å². The molecule has 1 fully saturated rings. The number of nitrogens with zero attached hydrogens (tertiary/aromatic N) is 4. The maximum absolute atomic E-state index is 14.2. The highest BCUT2D eigenvalue weighted by atomic mass is 16.5. The molecule has 0 atom stereocenters. The number of fused-ring (bicyclic) bond motifs is 1.